The molecule has 1 aromatic carbocycles. The van der Waals surface area contributed by atoms with E-state index < -0.39 is 6.10 Å². The van der Waals surface area contributed by atoms with Gasteiger partial charge < -0.3 is 19.9 Å². The molecule has 0 amide bonds. The molecule has 1 aromatic heterocycles. The zero-order valence-electron chi connectivity index (χ0n) is 13.6. The Morgan fingerprint density at radius 1 is 1.38 bits per heavy atom. The van der Waals surface area contributed by atoms with Gasteiger partial charge in [-0.1, -0.05) is 0 Å². The highest BCUT2D eigenvalue weighted by molar-refractivity contribution is 5.31. The van der Waals surface area contributed by atoms with Crippen molar-refractivity contribution in [2.75, 3.05) is 26.9 Å². The third-order valence-electron chi connectivity index (χ3n) is 4.24. The van der Waals surface area contributed by atoms with Gasteiger partial charge in [0.05, 0.1) is 31.2 Å². The predicted molar refractivity (Wildman–Crippen MR) is 86.3 cm³/mol. The molecule has 0 saturated carbocycles. The number of benzene rings is 1. The molecule has 1 saturated heterocycles. The molecule has 2 heterocycles. The molecule has 1 fully saturated rings. The van der Waals surface area contributed by atoms with Gasteiger partial charge in [0, 0.05) is 37.9 Å². The average Bonchev–Trinajstić information content (AvgIpc) is 3.06. The Kier molecular flexibility index (Phi) is 5.57. The first-order chi connectivity index (χ1) is 11.7. The molecule has 1 aliphatic rings. The lowest BCUT2D eigenvalue weighted by molar-refractivity contribution is -0.133. The summed E-state index contributed by atoms with van der Waals surface area (Å²) in [6.07, 6.45) is 2.86. The second-order valence-corrected chi connectivity index (χ2v) is 5.96. The Morgan fingerprint density at radius 2 is 2.17 bits per heavy atom. The van der Waals surface area contributed by atoms with Crippen LogP contribution in [0, 0.1) is 11.7 Å². The third-order valence-corrected chi connectivity index (χ3v) is 4.24. The zero-order valence-corrected chi connectivity index (χ0v) is 13.6. The van der Waals surface area contributed by atoms with Crippen LogP contribution < -0.4 is 5.32 Å². The zero-order chi connectivity index (χ0) is 16.9. The number of nitrogens with one attached hydrogen (secondary N) is 1. The standard InChI is InChI=1S/C17H22FN3O3/c1-23-16-11-24-10-13(17(16)22)8-19-6-12-7-20-21(9-12)15-4-2-14(18)3-5-15/h2-5,7,9,13,16-17,19,22H,6,8,10-11H2,1H3/t13-,16-,17+/m1/s1. The number of aliphatic hydroxyl groups excluding tert-OH is 1. The van der Waals surface area contributed by atoms with Gasteiger partial charge >= 0.3 is 0 Å². The van der Waals surface area contributed by atoms with Crippen LogP contribution in [0.5, 0.6) is 0 Å². The highest BCUT2D eigenvalue weighted by Gasteiger charge is 2.32. The van der Waals surface area contributed by atoms with E-state index in [1.54, 1.807) is 30.1 Å². The molecule has 1 aliphatic heterocycles. The van der Waals surface area contributed by atoms with Crippen LogP contribution in [0.1, 0.15) is 5.56 Å². The summed E-state index contributed by atoms with van der Waals surface area (Å²) in [6.45, 7) is 2.20. The number of ether oxygens (including phenoxy) is 2. The molecule has 0 bridgehead atoms. The molecule has 0 unspecified atom stereocenters. The van der Waals surface area contributed by atoms with Crippen LogP contribution in [-0.2, 0) is 16.0 Å². The van der Waals surface area contributed by atoms with E-state index in [1.165, 1.54) is 12.1 Å². The lowest BCUT2D eigenvalue weighted by Gasteiger charge is -2.33. The first-order valence-corrected chi connectivity index (χ1v) is 7.96. The lowest BCUT2D eigenvalue weighted by atomic mass is 9.96. The van der Waals surface area contributed by atoms with E-state index in [-0.39, 0.29) is 17.8 Å². The summed E-state index contributed by atoms with van der Waals surface area (Å²) < 4.78 is 25.3. The number of hydrogen-bond donors (Lipinski definition) is 2. The van der Waals surface area contributed by atoms with Gasteiger partial charge in [-0.3, -0.25) is 0 Å². The number of aliphatic hydroxyl groups is 1. The normalized spacial score (nSPS) is 24.2. The van der Waals surface area contributed by atoms with E-state index in [0.717, 1.165) is 11.3 Å². The molecule has 6 nitrogen and oxygen atoms in total. The van der Waals surface area contributed by atoms with E-state index in [2.05, 4.69) is 10.4 Å². The fraction of sp³-hybridized carbons (Fsp3) is 0.471. The third kappa shape index (κ3) is 3.99. The maximum absolute atomic E-state index is 13.0. The van der Waals surface area contributed by atoms with Gasteiger partial charge in [0.25, 0.3) is 0 Å². The molecule has 2 aromatic rings. The first kappa shape index (κ1) is 17.0. The summed E-state index contributed by atoms with van der Waals surface area (Å²) >= 11 is 0. The fourth-order valence-corrected chi connectivity index (χ4v) is 2.81. The Hall–Kier alpha value is -1.80. The number of hydrogen-bond acceptors (Lipinski definition) is 5. The van der Waals surface area contributed by atoms with Crippen molar-refractivity contribution in [3.8, 4) is 5.69 Å². The van der Waals surface area contributed by atoms with Crippen LogP contribution in [0.25, 0.3) is 5.69 Å². The Balaban J connectivity index is 1.51. The van der Waals surface area contributed by atoms with Crippen LogP contribution >= 0.6 is 0 Å². The summed E-state index contributed by atoms with van der Waals surface area (Å²) in [5.74, 6) is -0.272. The minimum Gasteiger partial charge on any atom is -0.390 e. The summed E-state index contributed by atoms with van der Waals surface area (Å²) in [6, 6.07) is 6.18. The molecule has 0 radical (unpaired) electrons. The molecule has 130 valence electrons. The smallest absolute Gasteiger partial charge is 0.123 e. The van der Waals surface area contributed by atoms with Gasteiger partial charge in [-0.05, 0) is 24.3 Å². The van der Waals surface area contributed by atoms with Gasteiger partial charge in [-0.2, -0.15) is 5.10 Å². The Morgan fingerprint density at radius 3 is 2.92 bits per heavy atom. The molecule has 3 atom stereocenters. The molecule has 3 rings (SSSR count). The van der Waals surface area contributed by atoms with Crippen LogP contribution in [0.3, 0.4) is 0 Å². The van der Waals surface area contributed by atoms with E-state index in [4.69, 9.17) is 9.47 Å². The minimum absolute atomic E-state index is 0.00385. The number of halogens is 1. The fourth-order valence-electron chi connectivity index (χ4n) is 2.81. The van der Waals surface area contributed by atoms with Gasteiger partial charge in [-0.25, -0.2) is 9.07 Å². The van der Waals surface area contributed by atoms with Crippen molar-refractivity contribution in [3.05, 3.63) is 48.0 Å². The lowest BCUT2D eigenvalue weighted by Crippen LogP contribution is -2.48. The molecule has 7 heteroatoms. The van der Waals surface area contributed by atoms with Crippen LogP contribution in [0.2, 0.25) is 0 Å². The first-order valence-electron chi connectivity index (χ1n) is 7.96. The summed E-state index contributed by atoms with van der Waals surface area (Å²) in [4.78, 5) is 0. The van der Waals surface area contributed by atoms with E-state index in [1.807, 2.05) is 6.20 Å². The minimum atomic E-state index is -0.529. The second kappa shape index (κ2) is 7.85. The second-order valence-electron chi connectivity index (χ2n) is 5.96. The van der Waals surface area contributed by atoms with Gasteiger partial charge in [0.2, 0.25) is 0 Å². The van der Waals surface area contributed by atoms with Crippen molar-refractivity contribution in [2.24, 2.45) is 5.92 Å². The highest BCUT2D eigenvalue weighted by Crippen LogP contribution is 2.17. The molecular weight excluding hydrogens is 313 g/mol. The van der Waals surface area contributed by atoms with Crippen molar-refractivity contribution < 1.29 is 19.0 Å². The molecule has 0 aliphatic carbocycles. The van der Waals surface area contributed by atoms with E-state index in [0.29, 0.717) is 26.3 Å². The summed E-state index contributed by atoms with van der Waals surface area (Å²) in [5.41, 5.74) is 1.82. The number of aromatic nitrogens is 2. The molecular formula is C17H22FN3O3. The summed E-state index contributed by atoms with van der Waals surface area (Å²) in [5, 5.41) is 17.8. The maximum Gasteiger partial charge on any atom is 0.123 e. The quantitative estimate of drug-likeness (QED) is 0.828. The van der Waals surface area contributed by atoms with E-state index >= 15 is 0 Å². The van der Waals surface area contributed by atoms with Gasteiger partial charge in [0.15, 0.2) is 0 Å². The van der Waals surface area contributed by atoms with Crippen LogP contribution in [-0.4, -0.2) is 54.0 Å². The molecule has 0 spiro atoms. The number of methoxy groups -OCH3 is 1. The Labute approximate surface area is 140 Å². The van der Waals surface area contributed by atoms with Crippen molar-refractivity contribution in [1.29, 1.82) is 0 Å². The highest BCUT2D eigenvalue weighted by atomic mass is 19.1. The molecule has 2 N–H and O–H groups in total. The number of rotatable bonds is 6. The maximum atomic E-state index is 13.0. The van der Waals surface area contributed by atoms with Crippen molar-refractivity contribution in [3.63, 3.8) is 0 Å². The van der Waals surface area contributed by atoms with Gasteiger partial charge in [-0.15, -0.1) is 0 Å². The van der Waals surface area contributed by atoms with Crippen molar-refractivity contribution in [2.45, 2.75) is 18.8 Å². The Bertz CT molecular complexity index is 647. The topological polar surface area (TPSA) is 68.5 Å². The van der Waals surface area contributed by atoms with Gasteiger partial charge in [0.1, 0.15) is 11.9 Å². The van der Waals surface area contributed by atoms with Crippen molar-refractivity contribution >= 4 is 0 Å². The average molecular weight is 335 g/mol. The predicted octanol–water partition coefficient (Wildman–Crippen LogP) is 1.12. The van der Waals surface area contributed by atoms with Crippen LogP contribution in [0.15, 0.2) is 36.7 Å². The largest absolute Gasteiger partial charge is 0.390 e. The number of nitrogens with zero attached hydrogens (tertiary/aromatic N) is 2. The summed E-state index contributed by atoms with van der Waals surface area (Å²) in [7, 11) is 1.58. The van der Waals surface area contributed by atoms with Crippen LogP contribution in [0.4, 0.5) is 4.39 Å². The van der Waals surface area contributed by atoms with Crippen molar-refractivity contribution in [1.82, 2.24) is 15.1 Å². The van der Waals surface area contributed by atoms with E-state index in [9.17, 15) is 9.50 Å². The SMILES string of the molecule is CO[C@@H]1COC[C@@H](CNCc2cnn(-c3ccc(F)cc3)c2)[C@@H]1O. The monoisotopic (exact) mass is 335 g/mol. The molecule has 24 heavy (non-hydrogen) atoms.